The number of hydrogen-bond acceptors (Lipinski definition) is 2. The lowest BCUT2D eigenvalue weighted by atomic mass is 10.0. The molecule has 2 rings (SSSR count). The summed E-state index contributed by atoms with van der Waals surface area (Å²) < 4.78 is 1.16. The minimum absolute atomic E-state index is 0.414. The van der Waals surface area contributed by atoms with Crippen LogP contribution in [0.25, 0.3) is 10.1 Å². The highest BCUT2D eigenvalue weighted by molar-refractivity contribution is 7.19. The van der Waals surface area contributed by atoms with Crippen molar-refractivity contribution in [2.45, 2.75) is 19.8 Å². The predicted molar refractivity (Wildman–Crippen MR) is 62.6 cm³/mol. The largest absolute Gasteiger partial charge is 0.481 e. The zero-order chi connectivity index (χ0) is 11.0. The van der Waals surface area contributed by atoms with Gasteiger partial charge in [0.05, 0.1) is 5.92 Å². The molecule has 0 saturated heterocycles. The molecule has 1 atom stereocenters. The van der Waals surface area contributed by atoms with Crippen molar-refractivity contribution in [3.8, 4) is 0 Å². The van der Waals surface area contributed by atoms with Crippen LogP contribution < -0.4 is 0 Å². The first-order valence-corrected chi connectivity index (χ1v) is 5.63. The average molecular weight is 220 g/mol. The zero-order valence-corrected chi connectivity index (χ0v) is 9.47. The molecule has 0 radical (unpaired) electrons. The van der Waals surface area contributed by atoms with Gasteiger partial charge in [0.25, 0.3) is 0 Å². The van der Waals surface area contributed by atoms with Crippen molar-refractivity contribution in [3.05, 3.63) is 34.7 Å². The average Bonchev–Trinajstić information content (AvgIpc) is 2.56. The number of thiophene rings is 1. The molecule has 0 bridgehead atoms. The molecule has 0 aliphatic heterocycles. The molecule has 1 aromatic heterocycles. The second kappa shape index (κ2) is 3.66. The van der Waals surface area contributed by atoms with Crippen molar-refractivity contribution < 1.29 is 9.90 Å². The molecule has 1 aromatic carbocycles. The van der Waals surface area contributed by atoms with Gasteiger partial charge in [-0.05, 0) is 30.9 Å². The third-order valence-electron chi connectivity index (χ3n) is 2.64. The van der Waals surface area contributed by atoms with Crippen LogP contribution in [-0.2, 0) is 4.79 Å². The van der Waals surface area contributed by atoms with E-state index < -0.39 is 11.9 Å². The molecular formula is C12H12O2S. The Labute approximate surface area is 92.2 Å². The number of aryl methyl sites for hydroxylation is 1. The first kappa shape index (κ1) is 10.2. The molecule has 2 nitrogen and oxygen atoms in total. The SMILES string of the molecule is Cc1c(C(C)C(=O)O)sc2ccccc12. The number of carboxylic acids is 1. The summed E-state index contributed by atoms with van der Waals surface area (Å²) in [5.41, 5.74) is 1.10. The third kappa shape index (κ3) is 1.63. The van der Waals surface area contributed by atoms with Gasteiger partial charge in [-0.3, -0.25) is 4.79 Å². The smallest absolute Gasteiger partial charge is 0.311 e. The van der Waals surface area contributed by atoms with Crippen LogP contribution in [0.4, 0.5) is 0 Å². The quantitative estimate of drug-likeness (QED) is 0.842. The molecule has 0 amide bonds. The van der Waals surface area contributed by atoms with Gasteiger partial charge in [0.15, 0.2) is 0 Å². The summed E-state index contributed by atoms with van der Waals surface area (Å²) in [6, 6.07) is 8.04. The molecule has 0 aliphatic carbocycles. The normalized spacial score (nSPS) is 12.9. The molecule has 15 heavy (non-hydrogen) atoms. The first-order chi connectivity index (χ1) is 7.11. The number of carbonyl (C=O) groups is 1. The maximum atomic E-state index is 10.9. The maximum absolute atomic E-state index is 10.9. The summed E-state index contributed by atoms with van der Waals surface area (Å²) >= 11 is 1.58. The fraction of sp³-hybridized carbons (Fsp3) is 0.250. The lowest BCUT2D eigenvalue weighted by Gasteiger charge is -2.03. The number of fused-ring (bicyclic) bond motifs is 1. The second-order valence-corrected chi connectivity index (χ2v) is 4.73. The van der Waals surface area contributed by atoms with E-state index in [1.807, 2.05) is 31.2 Å². The van der Waals surface area contributed by atoms with Crippen LogP contribution in [0.2, 0.25) is 0 Å². The Hall–Kier alpha value is -1.35. The van der Waals surface area contributed by atoms with Crippen molar-refractivity contribution >= 4 is 27.4 Å². The lowest BCUT2D eigenvalue weighted by Crippen LogP contribution is -2.06. The van der Waals surface area contributed by atoms with Crippen molar-refractivity contribution in [2.75, 3.05) is 0 Å². The van der Waals surface area contributed by atoms with Crippen LogP contribution in [0, 0.1) is 6.92 Å². The van der Waals surface area contributed by atoms with E-state index in [9.17, 15) is 4.79 Å². The van der Waals surface area contributed by atoms with Crippen molar-refractivity contribution in [2.24, 2.45) is 0 Å². The second-order valence-electron chi connectivity index (χ2n) is 3.65. The van der Waals surface area contributed by atoms with Crippen molar-refractivity contribution in [3.63, 3.8) is 0 Å². The monoisotopic (exact) mass is 220 g/mol. The van der Waals surface area contributed by atoms with E-state index in [1.165, 1.54) is 5.39 Å². The van der Waals surface area contributed by atoms with Gasteiger partial charge in [-0.2, -0.15) is 0 Å². The Balaban J connectivity index is 2.63. The van der Waals surface area contributed by atoms with Crippen LogP contribution in [0.3, 0.4) is 0 Å². The van der Waals surface area contributed by atoms with Gasteiger partial charge in [-0.25, -0.2) is 0 Å². The lowest BCUT2D eigenvalue weighted by molar-refractivity contribution is -0.138. The molecule has 1 N–H and O–H groups in total. The molecule has 0 fully saturated rings. The highest BCUT2D eigenvalue weighted by Crippen LogP contribution is 2.35. The molecular weight excluding hydrogens is 208 g/mol. The standard InChI is InChI=1S/C12H12O2S/c1-7-9-5-3-4-6-10(9)15-11(7)8(2)12(13)14/h3-6,8H,1-2H3,(H,13,14). The summed E-state index contributed by atoms with van der Waals surface area (Å²) in [5, 5.41) is 10.2. The van der Waals surface area contributed by atoms with E-state index in [-0.39, 0.29) is 0 Å². The van der Waals surface area contributed by atoms with Gasteiger partial charge in [0.1, 0.15) is 0 Å². The van der Waals surface area contributed by atoms with Crippen LogP contribution in [-0.4, -0.2) is 11.1 Å². The van der Waals surface area contributed by atoms with E-state index in [4.69, 9.17) is 5.11 Å². The molecule has 78 valence electrons. The van der Waals surface area contributed by atoms with Gasteiger partial charge >= 0.3 is 5.97 Å². The molecule has 1 unspecified atom stereocenters. The minimum atomic E-state index is -0.760. The van der Waals surface area contributed by atoms with Crippen LogP contribution in [0.5, 0.6) is 0 Å². The highest BCUT2D eigenvalue weighted by atomic mass is 32.1. The Morgan fingerprint density at radius 1 is 1.40 bits per heavy atom. The van der Waals surface area contributed by atoms with E-state index in [0.717, 1.165) is 15.1 Å². The van der Waals surface area contributed by atoms with Gasteiger partial charge in [-0.15, -0.1) is 11.3 Å². The Morgan fingerprint density at radius 2 is 2.07 bits per heavy atom. The maximum Gasteiger partial charge on any atom is 0.311 e. The molecule has 0 aliphatic rings. The fourth-order valence-corrected chi connectivity index (χ4v) is 2.97. The molecule has 0 spiro atoms. The number of rotatable bonds is 2. The summed E-state index contributed by atoms with van der Waals surface area (Å²) in [4.78, 5) is 11.9. The minimum Gasteiger partial charge on any atom is -0.481 e. The van der Waals surface area contributed by atoms with Crippen LogP contribution in [0.15, 0.2) is 24.3 Å². The Bertz CT molecular complexity index is 513. The van der Waals surface area contributed by atoms with Gasteiger partial charge in [0.2, 0.25) is 0 Å². The molecule has 0 saturated carbocycles. The first-order valence-electron chi connectivity index (χ1n) is 4.82. The Morgan fingerprint density at radius 3 is 2.67 bits per heavy atom. The van der Waals surface area contributed by atoms with Gasteiger partial charge in [-0.1, -0.05) is 18.2 Å². The third-order valence-corrected chi connectivity index (χ3v) is 4.10. The molecule has 1 heterocycles. The summed E-state index contributed by atoms with van der Waals surface area (Å²) in [6.45, 7) is 3.73. The van der Waals surface area contributed by atoms with Crippen molar-refractivity contribution in [1.82, 2.24) is 0 Å². The number of aliphatic carboxylic acids is 1. The highest BCUT2D eigenvalue weighted by Gasteiger charge is 2.19. The predicted octanol–water partition coefficient (Wildman–Crippen LogP) is 3.40. The topological polar surface area (TPSA) is 37.3 Å². The summed E-state index contributed by atoms with van der Waals surface area (Å²) in [5.74, 6) is -1.17. The fourth-order valence-electron chi connectivity index (χ4n) is 1.72. The summed E-state index contributed by atoms with van der Waals surface area (Å²) in [7, 11) is 0. The number of carboxylic acid groups (broad SMARTS) is 1. The van der Waals surface area contributed by atoms with E-state index in [0.29, 0.717) is 0 Å². The van der Waals surface area contributed by atoms with Gasteiger partial charge < -0.3 is 5.11 Å². The van der Waals surface area contributed by atoms with Crippen molar-refractivity contribution in [1.29, 1.82) is 0 Å². The van der Waals surface area contributed by atoms with Gasteiger partial charge in [0, 0.05) is 9.58 Å². The Kier molecular flexibility index (Phi) is 2.49. The van der Waals surface area contributed by atoms with E-state index in [2.05, 4.69) is 0 Å². The summed E-state index contributed by atoms with van der Waals surface area (Å²) in [6.07, 6.45) is 0. The van der Waals surface area contributed by atoms with E-state index in [1.54, 1.807) is 18.3 Å². The molecule has 3 heteroatoms. The van der Waals surface area contributed by atoms with E-state index >= 15 is 0 Å². The molecule has 2 aromatic rings. The van der Waals surface area contributed by atoms with Crippen LogP contribution >= 0.6 is 11.3 Å². The zero-order valence-electron chi connectivity index (χ0n) is 8.65. The van der Waals surface area contributed by atoms with Crippen LogP contribution in [0.1, 0.15) is 23.3 Å². The number of benzene rings is 1. The number of hydrogen-bond donors (Lipinski definition) is 1.